The number of hydrogen-bond donors (Lipinski definition) is 2. The molecule has 0 aliphatic heterocycles. The van der Waals surface area contributed by atoms with Gasteiger partial charge in [-0.1, -0.05) is 24.3 Å². The summed E-state index contributed by atoms with van der Waals surface area (Å²) in [6.07, 6.45) is -2.98. The number of rotatable bonds is 8. The summed E-state index contributed by atoms with van der Waals surface area (Å²) in [5.41, 5.74) is 10.7. The molecule has 0 saturated heterocycles. The van der Waals surface area contributed by atoms with E-state index < -0.39 is 18.5 Å². The number of alkyl halides is 3. The second-order valence-corrected chi connectivity index (χ2v) is 7.80. The highest BCUT2D eigenvalue weighted by Crippen LogP contribution is 2.40. The van der Waals surface area contributed by atoms with Crippen molar-refractivity contribution in [1.82, 2.24) is 0 Å². The minimum absolute atomic E-state index is 0.141. The van der Waals surface area contributed by atoms with Gasteiger partial charge < -0.3 is 20.9 Å². The van der Waals surface area contributed by atoms with Crippen LogP contribution >= 0.6 is 0 Å². The quantitative estimate of drug-likeness (QED) is 0.277. The standard InChI is InChI=1S/C27H23F3N2O2/c28-17-27(26(29)30,18-1-9-22(10-2-18)33-24-13-5-20(31)6-14-24)19-3-11-23(12-4-19)34-25-15-7-21(32)8-16-25/h1-16,26H,17,31-32H2. The molecule has 174 valence electrons. The second kappa shape index (κ2) is 9.79. The van der Waals surface area contributed by atoms with E-state index in [9.17, 15) is 13.2 Å². The van der Waals surface area contributed by atoms with E-state index in [1.807, 2.05) is 0 Å². The summed E-state index contributed by atoms with van der Waals surface area (Å²) in [6.45, 7) is -1.28. The van der Waals surface area contributed by atoms with Gasteiger partial charge in [0.2, 0.25) is 0 Å². The van der Waals surface area contributed by atoms with E-state index in [2.05, 4.69) is 0 Å². The maximum absolute atomic E-state index is 14.4. The Balaban J connectivity index is 1.58. The van der Waals surface area contributed by atoms with Gasteiger partial charge in [0, 0.05) is 11.4 Å². The van der Waals surface area contributed by atoms with Crippen molar-refractivity contribution >= 4 is 11.4 Å². The summed E-state index contributed by atoms with van der Waals surface area (Å²) in [4.78, 5) is 0. The lowest BCUT2D eigenvalue weighted by Gasteiger charge is -2.31. The molecule has 0 heterocycles. The van der Waals surface area contributed by atoms with Crippen molar-refractivity contribution in [2.75, 3.05) is 18.1 Å². The number of anilines is 2. The zero-order chi connectivity index (χ0) is 24.1. The summed E-state index contributed by atoms with van der Waals surface area (Å²) in [5, 5.41) is 0. The average Bonchev–Trinajstić information content (AvgIpc) is 2.84. The Labute approximate surface area is 195 Å². The maximum atomic E-state index is 14.4. The Morgan fingerprint density at radius 1 is 0.559 bits per heavy atom. The summed E-state index contributed by atoms with van der Waals surface area (Å²) < 4.78 is 54.5. The third kappa shape index (κ3) is 4.78. The molecule has 0 spiro atoms. The number of nitrogen functional groups attached to an aromatic ring is 2. The Hall–Kier alpha value is -4.13. The smallest absolute Gasteiger partial charge is 0.254 e. The fraction of sp³-hybridized carbons (Fsp3) is 0.111. The molecule has 0 radical (unpaired) electrons. The van der Waals surface area contributed by atoms with Crippen molar-refractivity contribution < 1.29 is 22.6 Å². The molecule has 4 aromatic carbocycles. The SMILES string of the molecule is Nc1ccc(Oc2ccc(C(CF)(c3ccc(Oc4ccc(N)cc4)cc3)C(F)F)cc2)cc1. The average molecular weight is 464 g/mol. The van der Waals surface area contributed by atoms with E-state index in [0.717, 1.165) is 0 Å². The molecule has 4 rings (SSSR count). The van der Waals surface area contributed by atoms with Gasteiger partial charge in [0.15, 0.2) is 0 Å². The van der Waals surface area contributed by atoms with Crippen LogP contribution in [0.5, 0.6) is 23.0 Å². The van der Waals surface area contributed by atoms with Gasteiger partial charge in [0.05, 0.1) is 0 Å². The van der Waals surface area contributed by atoms with Crippen LogP contribution < -0.4 is 20.9 Å². The topological polar surface area (TPSA) is 70.5 Å². The predicted molar refractivity (Wildman–Crippen MR) is 127 cm³/mol. The molecule has 0 aromatic heterocycles. The summed E-state index contributed by atoms with van der Waals surface area (Å²) in [6, 6.07) is 25.5. The fourth-order valence-corrected chi connectivity index (χ4v) is 3.62. The molecule has 0 amide bonds. The van der Waals surface area contributed by atoms with E-state index in [1.165, 1.54) is 48.5 Å². The van der Waals surface area contributed by atoms with Gasteiger partial charge in [-0.3, -0.25) is 0 Å². The minimum Gasteiger partial charge on any atom is -0.457 e. The molecule has 7 heteroatoms. The van der Waals surface area contributed by atoms with Gasteiger partial charge in [-0.15, -0.1) is 0 Å². The van der Waals surface area contributed by atoms with E-state index >= 15 is 0 Å². The molecule has 0 aliphatic carbocycles. The van der Waals surface area contributed by atoms with Gasteiger partial charge in [0.25, 0.3) is 6.43 Å². The normalized spacial score (nSPS) is 11.4. The van der Waals surface area contributed by atoms with E-state index in [0.29, 0.717) is 34.4 Å². The first kappa shape index (κ1) is 23.0. The zero-order valence-corrected chi connectivity index (χ0v) is 18.1. The Morgan fingerprint density at radius 2 is 0.853 bits per heavy atom. The van der Waals surface area contributed by atoms with Crippen molar-refractivity contribution in [3.05, 3.63) is 108 Å². The van der Waals surface area contributed by atoms with Crippen LogP contribution in [-0.4, -0.2) is 13.1 Å². The predicted octanol–water partition coefficient (Wildman–Crippen LogP) is 6.96. The number of halogens is 3. The highest BCUT2D eigenvalue weighted by molar-refractivity contribution is 5.47. The largest absolute Gasteiger partial charge is 0.457 e. The van der Waals surface area contributed by atoms with Crippen LogP contribution in [0, 0.1) is 0 Å². The molecule has 4 N–H and O–H groups in total. The molecule has 0 bridgehead atoms. The lowest BCUT2D eigenvalue weighted by molar-refractivity contribution is 0.0561. The Kier molecular flexibility index (Phi) is 6.63. The molecular formula is C27H23F3N2O2. The lowest BCUT2D eigenvalue weighted by atomic mass is 9.75. The Morgan fingerprint density at radius 3 is 1.12 bits per heavy atom. The summed E-state index contributed by atoms with van der Waals surface area (Å²) in [5.74, 6) is 1.96. The summed E-state index contributed by atoms with van der Waals surface area (Å²) in [7, 11) is 0. The van der Waals surface area contributed by atoms with Crippen molar-refractivity contribution in [2.45, 2.75) is 11.8 Å². The second-order valence-electron chi connectivity index (χ2n) is 7.80. The first-order valence-electron chi connectivity index (χ1n) is 10.5. The minimum atomic E-state index is -2.98. The van der Waals surface area contributed by atoms with Crippen molar-refractivity contribution in [3.63, 3.8) is 0 Å². The molecule has 4 aromatic rings. The van der Waals surface area contributed by atoms with Crippen molar-refractivity contribution in [3.8, 4) is 23.0 Å². The van der Waals surface area contributed by atoms with E-state index in [-0.39, 0.29) is 11.1 Å². The summed E-state index contributed by atoms with van der Waals surface area (Å²) >= 11 is 0. The third-order valence-electron chi connectivity index (χ3n) is 5.55. The highest BCUT2D eigenvalue weighted by atomic mass is 19.3. The molecule has 0 unspecified atom stereocenters. The van der Waals surface area contributed by atoms with Crippen LogP contribution in [0.15, 0.2) is 97.1 Å². The lowest BCUT2D eigenvalue weighted by Crippen LogP contribution is -2.38. The number of ether oxygens (including phenoxy) is 2. The molecule has 0 aliphatic rings. The van der Waals surface area contributed by atoms with Gasteiger partial charge in [0.1, 0.15) is 35.1 Å². The monoisotopic (exact) mass is 464 g/mol. The van der Waals surface area contributed by atoms with Crippen LogP contribution in [-0.2, 0) is 5.41 Å². The molecule has 0 atom stereocenters. The Bertz CT molecular complexity index is 1120. The first-order chi connectivity index (χ1) is 16.4. The van der Waals surface area contributed by atoms with Crippen LogP contribution in [0.25, 0.3) is 0 Å². The fourth-order valence-electron chi connectivity index (χ4n) is 3.62. The molecule has 4 nitrogen and oxygen atoms in total. The first-order valence-corrected chi connectivity index (χ1v) is 10.5. The molecular weight excluding hydrogens is 441 g/mol. The zero-order valence-electron chi connectivity index (χ0n) is 18.1. The number of benzene rings is 4. The third-order valence-corrected chi connectivity index (χ3v) is 5.55. The highest BCUT2D eigenvalue weighted by Gasteiger charge is 2.44. The molecule has 34 heavy (non-hydrogen) atoms. The van der Waals surface area contributed by atoms with E-state index in [4.69, 9.17) is 20.9 Å². The van der Waals surface area contributed by atoms with Gasteiger partial charge in [-0.05, 0) is 83.9 Å². The van der Waals surface area contributed by atoms with Crippen LogP contribution in [0.4, 0.5) is 24.5 Å². The van der Waals surface area contributed by atoms with Crippen molar-refractivity contribution in [1.29, 1.82) is 0 Å². The van der Waals surface area contributed by atoms with Crippen LogP contribution in [0.2, 0.25) is 0 Å². The van der Waals surface area contributed by atoms with Crippen LogP contribution in [0.1, 0.15) is 11.1 Å². The number of hydrogen-bond acceptors (Lipinski definition) is 4. The van der Waals surface area contributed by atoms with Crippen LogP contribution in [0.3, 0.4) is 0 Å². The van der Waals surface area contributed by atoms with Gasteiger partial charge in [-0.2, -0.15) is 0 Å². The molecule has 0 fully saturated rings. The molecule has 0 saturated carbocycles. The van der Waals surface area contributed by atoms with Crippen molar-refractivity contribution in [2.24, 2.45) is 0 Å². The van der Waals surface area contributed by atoms with Gasteiger partial charge >= 0.3 is 0 Å². The van der Waals surface area contributed by atoms with E-state index in [1.54, 1.807) is 48.5 Å². The number of nitrogens with two attached hydrogens (primary N) is 2. The van der Waals surface area contributed by atoms with Gasteiger partial charge in [-0.25, -0.2) is 13.2 Å². The maximum Gasteiger partial charge on any atom is 0.254 e.